The zero-order valence-electron chi connectivity index (χ0n) is 16.0. The molecular formula is C22H27N4O+. The molecule has 1 fully saturated rings. The van der Waals surface area contributed by atoms with Crippen LogP contribution < -0.4 is 5.32 Å². The van der Waals surface area contributed by atoms with Gasteiger partial charge in [0, 0.05) is 18.4 Å². The van der Waals surface area contributed by atoms with Gasteiger partial charge in [0.25, 0.3) is 0 Å². The van der Waals surface area contributed by atoms with Crippen LogP contribution in [0.5, 0.6) is 0 Å². The van der Waals surface area contributed by atoms with Crippen LogP contribution in [0.15, 0.2) is 47.8 Å². The minimum absolute atomic E-state index is 0.0844. The van der Waals surface area contributed by atoms with Crippen molar-refractivity contribution in [2.24, 2.45) is 5.10 Å². The van der Waals surface area contributed by atoms with Crippen molar-refractivity contribution >= 4 is 12.1 Å². The van der Waals surface area contributed by atoms with Crippen LogP contribution in [0.4, 0.5) is 0 Å². The van der Waals surface area contributed by atoms with Gasteiger partial charge in [-0.25, -0.2) is 4.79 Å². The highest BCUT2D eigenvalue weighted by molar-refractivity contribution is 5.88. The highest BCUT2D eigenvalue weighted by Crippen LogP contribution is 2.28. The van der Waals surface area contributed by atoms with Gasteiger partial charge in [-0.05, 0) is 74.4 Å². The predicted molar refractivity (Wildman–Crippen MR) is 106 cm³/mol. The first-order valence-electron chi connectivity index (χ1n) is 9.82. The zero-order valence-corrected chi connectivity index (χ0v) is 16.0. The molecule has 1 aromatic heterocycles. The average Bonchev–Trinajstić information content (AvgIpc) is 2.97. The standard InChI is InChI=1S/C22H26N4O/c1-15-8-9-18(12-19(15)11-17-5-4-10-23-13-17)22(27)25-21-14-24-26(16(21)2)20-6-3-7-20/h4-5,8-10,12-14,16,20-21H,3,6-7,11H2,1-2H3,(H,25,27)/p+1. The van der Waals surface area contributed by atoms with E-state index in [1.54, 1.807) is 6.20 Å². The molecule has 140 valence electrons. The highest BCUT2D eigenvalue weighted by atomic mass is 16.1. The van der Waals surface area contributed by atoms with Gasteiger partial charge in [-0.3, -0.25) is 15.3 Å². The van der Waals surface area contributed by atoms with E-state index in [9.17, 15) is 4.79 Å². The second-order valence-corrected chi connectivity index (χ2v) is 7.76. The molecule has 0 radical (unpaired) electrons. The second kappa shape index (κ2) is 7.61. The molecule has 1 aliphatic carbocycles. The van der Waals surface area contributed by atoms with Crippen molar-refractivity contribution in [2.75, 3.05) is 0 Å². The van der Waals surface area contributed by atoms with Gasteiger partial charge in [0.15, 0.2) is 6.04 Å². The summed E-state index contributed by atoms with van der Waals surface area (Å²) in [6, 6.07) is 10.9. The molecule has 1 saturated carbocycles. The van der Waals surface area contributed by atoms with Crippen LogP contribution in [0.3, 0.4) is 0 Å². The van der Waals surface area contributed by atoms with Gasteiger partial charge in [0.05, 0.1) is 11.8 Å². The molecule has 1 amide bonds. The van der Waals surface area contributed by atoms with Crippen LogP contribution in [0.2, 0.25) is 0 Å². The molecule has 1 aliphatic heterocycles. The van der Waals surface area contributed by atoms with Crippen molar-refractivity contribution in [1.29, 1.82) is 0 Å². The first kappa shape index (κ1) is 17.9. The number of pyridine rings is 1. The molecule has 2 heterocycles. The summed E-state index contributed by atoms with van der Waals surface area (Å²) < 4.78 is 0. The third-order valence-corrected chi connectivity index (χ3v) is 5.89. The fourth-order valence-corrected chi connectivity index (χ4v) is 3.83. The summed E-state index contributed by atoms with van der Waals surface area (Å²) in [4.78, 5) is 17.1. The summed E-state index contributed by atoms with van der Waals surface area (Å²) in [6.45, 7) is 4.26. The van der Waals surface area contributed by atoms with E-state index in [-0.39, 0.29) is 18.0 Å². The summed E-state index contributed by atoms with van der Waals surface area (Å²) in [5.74, 6) is 0.0844. The molecule has 2 aromatic rings. The lowest BCUT2D eigenvalue weighted by Gasteiger charge is -2.36. The molecule has 1 aromatic carbocycles. The molecule has 2 aliphatic rings. The van der Waals surface area contributed by atoms with Crippen LogP contribution in [-0.2, 0) is 6.42 Å². The number of amides is 1. The molecule has 27 heavy (non-hydrogen) atoms. The molecular weight excluding hydrogens is 336 g/mol. The van der Waals surface area contributed by atoms with E-state index in [0.29, 0.717) is 6.04 Å². The Labute approximate surface area is 160 Å². The minimum Gasteiger partial charge on any atom is -0.285 e. The minimum atomic E-state index is 0.0844. The lowest BCUT2D eigenvalue weighted by Crippen LogP contribution is -2.95. The van der Waals surface area contributed by atoms with Gasteiger partial charge < -0.3 is 0 Å². The largest absolute Gasteiger partial charge is 0.343 e. The number of aromatic nitrogens is 1. The number of carbonyl (C=O) groups excluding carboxylic acids is 1. The maximum absolute atomic E-state index is 12.9. The fraction of sp³-hybridized carbons (Fsp3) is 0.409. The smallest absolute Gasteiger partial charge is 0.285 e. The van der Waals surface area contributed by atoms with Crippen molar-refractivity contribution in [3.8, 4) is 0 Å². The van der Waals surface area contributed by atoms with Crippen LogP contribution in [0.25, 0.3) is 0 Å². The Hall–Kier alpha value is -2.53. The van der Waals surface area contributed by atoms with Gasteiger partial charge in [0.2, 0.25) is 0 Å². The number of quaternary nitrogens is 1. The Morgan fingerprint density at radius 2 is 2.15 bits per heavy atom. The van der Waals surface area contributed by atoms with Gasteiger partial charge in [-0.2, -0.15) is 5.10 Å². The Kier molecular flexibility index (Phi) is 5.03. The SMILES string of the molecule is Cc1ccc(C(=O)[NH2+]C2C=NN(C3CCC3)C2C)cc1Cc1cccnc1. The molecule has 0 spiro atoms. The van der Waals surface area contributed by atoms with Gasteiger partial charge in [-0.1, -0.05) is 12.1 Å². The van der Waals surface area contributed by atoms with E-state index in [1.807, 2.05) is 42.0 Å². The van der Waals surface area contributed by atoms with E-state index in [1.165, 1.54) is 30.4 Å². The van der Waals surface area contributed by atoms with E-state index >= 15 is 0 Å². The Morgan fingerprint density at radius 1 is 1.30 bits per heavy atom. The van der Waals surface area contributed by atoms with Crippen molar-refractivity contribution in [3.05, 3.63) is 65.0 Å². The van der Waals surface area contributed by atoms with Crippen molar-refractivity contribution in [2.45, 2.75) is 57.7 Å². The van der Waals surface area contributed by atoms with Crippen LogP contribution >= 0.6 is 0 Å². The number of nitrogens with two attached hydrogens (primary N) is 1. The van der Waals surface area contributed by atoms with E-state index in [2.05, 4.69) is 35.0 Å². The summed E-state index contributed by atoms with van der Waals surface area (Å²) >= 11 is 0. The number of hydrazone groups is 1. The van der Waals surface area contributed by atoms with Crippen LogP contribution in [0, 0.1) is 6.92 Å². The lowest BCUT2D eigenvalue weighted by atomic mass is 9.91. The van der Waals surface area contributed by atoms with E-state index in [0.717, 1.165) is 17.5 Å². The molecule has 2 atom stereocenters. The molecule has 2 N–H and O–H groups in total. The highest BCUT2D eigenvalue weighted by Gasteiger charge is 2.37. The first-order valence-corrected chi connectivity index (χ1v) is 9.82. The summed E-state index contributed by atoms with van der Waals surface area (Å²) in [5, 5.41) is 8.61. The normalized spacial score (nSPS) is 22.1. The van der Waals surface area contributed by atoms with Gasteiger partial charge >= 0.3 is 5.91 Å². The lowest BCUT2D eigenvalue weighted by molar-refractivity contribution is -0.579. The zero-order chi connectivity index (χ0) is 18.8. The molecule has 5 nitrogen and oxygen atoms in total. The third kappa shape index (κ3) is 3.78. The first-order chi connectivity index (χ1) is 13.1. The molecule has 0 saturated heterocycles. The number of hydrogen-bond donors (Lipinski definition) is 1. The molecule has 5 heteroatoms. The number of rotatable bonds is 5. The number of carbonyl (C=O) groups is 1. The topological polar surface area (TPSA) is 62.2 Å². The van der Waals surface area contributed by atoms with Gasteiger partial charge in [0.1, 0.15) is 6.04 Å². The third-order valence-electron chi connectivity index (χ3n) is 5.89. The molecule has 4 rings (SSSR count). The number of hydrogen-bond acceptors (Lipinski definition) is 4. The van der Waals surface area contributed by atoms with E-state index < -0.39 is 0 Å². The van der Waals surface area contributed by atoms with Crippen LogP contribution in [-0.4, -0.2) is 40.2 Å². The summed E-state index contributed by atoms with van der Waals surface area (Å²) in [6.07, 6.45) is 10.1. The van der Waals surface area contributed by atoms with Gasteiger partial charge in [-0.15, -0.1) is 0 Å². The summed E-state index contributed by atoms with van der Waals surface area (Å²) in [5.41, 5.74) is 4.28. The monoisotopic (exact) mass is 363 g/mol. The maximum Gasteiger partial charge on any atom is 0.343 e. The fourth-order valence-electron chi connectivity index (χ4n) is 3.83. The Bertz CT molecular complexity index is 845. The Balaban J connectivity index is 1.44. The number of benzene rings is 1. The molecule has 0 bridgehead atoms. The number of aryl methyl sites for hydroxylation is 1. The molecule has 2 unspecified atom stereocenters. The number of primary amides is 1. The Morgan fingerprint density at radius 3 is 2.85 bits per heavy atom. The van der Waals surface area contributed by atoms with Crippen LogP contribution in [0.1, 0.15) is 53.2 Å². The quantitative estimate of drug-likeness (QED) is 0.887. The summed E-state index contributed by atoms with van der Waals surface area (Å²) in [7, 11) is 0. The average molecular weight is 363 g/mol. The predicted octanol–water partition coefficient (Wildman–Crippen LogP) is 2.30. The number of nitrogens with zero attached hydrogens (tertiary/aromatic N) is 3. The van der Waals surface area contributed by atoms with Crippen molar-refractivity contribution in [1.82, 2.24) is 9.99 Å². The maximum atomic E-state index is 12.9. The van der Waals surface area contributed by atoms with E-state index in [4.69, 9.17) is 0 Å². The second-order valence-electron chi connectivity index (χ2n) is 7.76. The van der Waals surface area contributed by atoms with Crippen molar-refractivity contribution in [3.63, 3.8) is 0 Å². The van der Waals surface area contributed by atoms with Crippen molar-refractivity contribution < 1.29 is 10.1 Å².